The van der Waals surface area contributed by atoms with E-state index in [-0.39, 0.29) is 12.0 Å². The molecule has 0 saturated carbocycles. The highest BCUT2D eigenvalue weighted by Gasteiger charge is 2.31. The van der Waals surface area contributed by atoms with Crippen molar-refractivity contribution in [1.82, 2.24) is 4.90 Å². The summed E-state index contributed by atoms with van der Waals surface area (Å²) in [5.41, 5.74) is 0.291. The number of ether oxygens (including phenoxy) is 1. The number of halogens is 1. The van der Waals surface area contributed by atoms with Crippen molar-refractivity contribution in [3.8, 4) is 0 Å². The Labute approximate surface area is 137 Å². The Kier molecular flexibility index (Phi) is 5.35. The molecule has 1 saturated heterocycles. The molecule has 1 amide bonds. The highest BCUT2D eigenvalue weighted by molar-refractivity contribution is 6.30. The first-order chi connectivity index (χ1) is 10.3. The number of hydrogen-bond donors (Lipinski definition) is 1. The van der Waals surface area contributed by atoms with Crippen LogP contribution in [0.3, 0.4) is 0 Å². The van der Waals surface area contributed by atoms with Crippen LogP contribution in [0.4, 0.5) is 4.79 Å². The average Bonchev–Trinajstić information content (AvgIpc) is 2.45. The molecule has 0 bridgehead atoms. The fourth-order valence-corrected chi connectivity index (χ4v) is 2.92. The third kappa shape index (κ3) is 4.62. The second-order valence-electron chi connectivity index (χ2n) is 6.83. The molecule has 5 heteroatoms. The maximum Gasteiger partial charge on any atom is 0.410 e. The summed E-state index contributed by atoms with van der Waals surface area (Å²) in [5.74, 6) is -0.000245. The van der Waals surface area contributed by atoms with Crippen LogP contribution < -0.4 is 0 Å². The summed E-state index contributed by atoms with van der Waals surface area (Å²) in [6.45, 7) is 6.74. The van der Waals surface area contributed by atoms with Crippen molar-refractivity contribution in [2.75, 3.05) is 13.1 Å². The van der Waals surface area contributed by atoms with Gasteiger partial charge in [0, 0.05) is 24.0 Å². The fourth-order valence-electron chi connectivity index (χ4n) is 2.72. The predicted molar refractivity (Wildman–Crippen MR) is 86.9 cm³/mol. The van der Waals surface area contributed by atoms with E-state index < -0.39 is 11.7 Å². The minimum Gasteiger partial charge on any atom is -0.444 e. The average molecular weight is 326 g/mol. The first-order valence-electron chi connectivity index (χ1n) is 7.68. The van der Waals surface area contributed by atoms with Gasteiger partial charge in [-0.05, 0) is 51.3 Å². The molecule has 122 valence electrons. The van der Waals surface area contributed by atoms with Crippen LogP contribution in [0.15, 0.2) is 24.3 Å². The number of benzene rings is 1. The van der Waals surface area contributed by atoms with Crippen LogP contribution in [0, 0.1) is 5.92 Å². The topological polar surface area (TPSA) is 49.8 Å². The zero-order chi connectivity index (χ0) is 16.3. The standard InChI is InChI=1S/C17H24ClNO3/c1-17(2,3)22-16(21)19-9-5-7-13(11-19)15(20)12-6-4-8-14(18)10-12/h4,6,8,10,13,15,20H,5,7,9,11H2,1-3H3/t13-,15-/m1/s1. The van der Waals surface area contributed by atoms with Gasteiger partial charge in [0.05, 0.1) is 6.10 Å². The van der Waals surface area contributed by atoms with Gasteiger partial charge >= 0.3 is 6.09 Å². The number of nitrogens with zero attached hydrogens (tertiary/aromatic N) is 1. The summed E-state index contributed by atoms with van der Waals surface area (Å²) in [4.78, 5) is 13.9. The number of amides is 1. The third-order valence-electron chi connectivity index (χ3n) is 3.75. The van der Waals surface area contributed by atoms with E-state index >= 15 is 0 Å². The van der Waals surface area contributed by atoms with E-state index in [2.05, 4.69) is 0 Å². The number of likely N-dealkylation sites (tertiary alicyclic amines) is 1. The number of aliphatic hydroxyl groups is 1. The van der Waals surface area contributed by atoms with Crippen LogP contribution >= 0.6 is 11.6 Å². The monoisotopic (exact) mass is 325 g/mol. The Balaban J connectivity index is 2.02. The van der Waals surface area contributed by atoms with Gasteiger partial charge < -0.3 is 14.7 Å². The van der Waals surface area contributed by atoms with Crippen molar-refractivity contribution in [2.45, 2.75) is 45.3 Å². The largest absolute Gasteiger partial charge is 0.444 e. The summed E-state index contributed by atoms with van der Waals surface area (Å²) in [7, 11) is 0. The fraction of sp³-hybridized carbons (Fsp3) is 0.588. The molecule has 0 unspecified atom stereocenters. The van der Waals surface area contributed by atoms with Gasteiger partial charge in [0.1, 0.15) is 5.60 Å². The number of carbonyl (C=O) groups excluding carboxylic acids is 1. The molecule has 1 aromatic carbocycles. The van der Waals surface area contributed by atoms with E-state index in [0.29, 0.717) is 18.1 Å². The minimum atomic E-state index is -0.621. The first kappa shape index (κ1) is 17.1. The Hall–Kier alpha value is -1.26. The zero-order valence-corrected chi connectivity index (χ0v) is 14.1. The maximum absolute atomic E-state index is 12.2. The van der Waals surface area contributed by atoms with Crippen LogP contribution in [0.25, 0.3) is 0 Å². The van der Waals surface area contributed by atoms with Gasteiger partial charge in [0.25, 0.3) is 0 Å². The number of rotatable bonds is 2. The van der Waals surface area contributed by atoms with Gasteiger partial charge in [-0.25, -0.2) is 4.79 Å². The molecule has 1 aliphatic heterocycles. The molecule has 0 aliphatic carbocycles. The lowest BCUT2D eigenvalue weighted by atomic mass is 9.89. The van der Waals surface area contributed by atoms with E-state index in [1.54, 1.807) is 17.0 Å². The van der Waals surface area contributed by atoms with Crippen LogP contribution in [0.1, 0.15) is 45.3 Å². The highest BCUT2D eigenvalue weighted by atomic mass is 35.5. The summed E-state index contributed by atoms with van der Waals surface area (Å²) < 4.78 is 5.41. The number of piperidine rings is 1. The molecule has 1 fully saturated rings. The van der Waals surface area contributed by atoms with Gasteiger partial charge in [-0.15, -0.1) is 0 Å². The highest BCUT2D eigenvalue weighted by Crippen LogP contribution is 2.31. The summed E-state index contributed by atoms with van der Waals surface area (Å²) in [5, 5.41) is 11.2. The summed E-state index contributed by atoms with van der Waals surface area (Å²) in [6.07, 6.45) is 0.813. The molecule has 1 N–H and O–H groups in total. The molecular formula is C17H24ClNO3. The van der Waals surface area contributed by atoms with E-state index in [4.69, 9.17) is 16.3 Å². The van der Waals surface area contributed by atoms with Gasteiger partial charge in [-0.1, -0.05) is 23.7 Å². The van der Waals surface area contributed by atoms with Crippen molar-refractivity contribution in [1.29, 1.82) is 0 Å². The SMILES string of the molecule is CC(C)(C)OC(=O)N1CCC[C@@H]([C@H](O)c2cccc(Cl)c2)C1. The van der Waals surface area contributed by atoms with E-state index in [9.17, 15) is 9.90 Å². The van der Waals surface area contributed by atoms with Gasteiger partial charge in [0.2, 0.25) is 0 Å². The number of hydrogen-bond acceptors (Lipinski definition) is 3. The van der Waals surface area contributed by atoms with Gasteiger partial charge in [-0.3, -0.25) is 0 Å². The van der Waals surface area contributed by atoms with Crippen molar-refractivity contribution in [3.05, 3.63) is 34.9 Å². The Morgan fingerprint density at radius 3 is 2.82 bits per heavy atom. The van der Waals surface area contributed by atoms with Crippen molar-refractivity contribution < 1.29 is 14.6 Å². The molecule has 4 nitrogen and oxygen atoms in total. The Bertz CT molecular complexity index is 527. The van der Waals surface area contributed by atoms with E-state index in [0.717, 1.165) is 18.4 Å². The molecule has 0 radical (unpaired) electrons. The van der Waals surface area contributed by atoms with Crippen LogP contribution in [-0.4, -0.2) is 34.8 Å². The lowest BCUT2D eigenvalue weighted by Crippen LogP contribution is -2.44. The lowest BCUT2D eigenvalue weighted by molar-refractivity contribution is 0.00239. The Morgan fingerprint density at radius 1 is 1.45 bits per heavy atom. The first-order valence-corrected chi connectivity index (χ1v) is 8.05. The van der Waals surface area contributed by atoms with E-state index in [1.165, 1.54) is 0 Å². The van der Waals surface area contributed by atoms with Crippen molar-refractivity contribution >= 4 is 17.7 Å². The smallest absolute Gasteiger partial charge is 0.410 e. The molecule has 0 spiro atoms. The Morgan fingerprint density at radius 2 is 2.18 bits per heavy atom. The maximum atomic E-state index is 12.2. The number of carbonyl (C=O) groups is 1. The molecule has 0 aromatic heterocycles. The second kappa shape index (κ2) is 6.88. The van der Waals surface area contributed by atoms with E-state index in [1.807, 2.05) is 32.9 Å². The van der Waals surface area contributed by atoms with Gasteiger partial charge in [0.15, 0.2) is 0 Å². The van der Waals surface area contributed by atoms with Crippen LogP contribution in [-0.2, 0) is 4.74 Å². The van der Waals surface area contributed by atoms with Crippen molar-refractivity contribution in [3.63, 3.8) is 0 Å². The molecule has 1 aromatic rings. The molecule has 1 aliphatic rings. The molecule has 2 rings (SSSR count). The molecular weight excluding hydrogens is 302 g/mol. The minimum absolute atomic E-state index is 0.000245. The van der Waals surface area contributed by atoms with Crippen LogP contribution in [0.2, 0.25) is 5.02 Å². The molecule has 1 heterocycles. The predicted octanol–water partition coefficient (Wildman–Crippen LogP) is 4.02. The zero-order valence-electron chi connectivity index (χ0n) is 13.4. The summed E-state index contributed by atoms with van der Waals surface area (Å²) in [6, 6.07) is 7.25. The summed E-state index contributed by atoms with van der Waals surface area (Å²) >= 11 is 5.98. The number of aliphatic hydroxyl groups excluding tert-OH is 1. The molecule has 22 heavy (non-hydrogen) atoms. The van der Waals surface area contributed by atoms with Crippen molar-refractivity contribution in [2.24, 2.45) is 5.92 Å². The normalized spacial score (nSPS) is 20.6. The quantitative estimate of drug-likeness (QED) is 0.893. The molecule has 2 atom stereocenters. The third-order valence-corrected chi connectivity index (χ3v) is 3.98. The lowest BCUT2D eigenvalue weighted by Gasteiger charge is -2.36. The second-order valence-corrected chi connectivity index (χ2v) is 7.26. The van der Waals surface area contributed by atoms with Gasteiger partial charge in [-0.2, -0.15) is 0 Å². The van der Waals surface area contributed by atoms with Crippen LogP contribution in [0.5, 0.6) is 0 Å².